The fraction of sp³-hybridized carbons (Fsp3) is 0.133. The van der Waals surface area contributed by atoms with Crippen molar-refractivity contribution >= 4 is 32.4 Å². The summed E-state index contributed by atoms with van der Waals surface area (Å²) in [5, 5.41) is 3.94. The van der Waals surface area contributed by atoms with E-state index in [-0.39, 0.29) is 5.82 Å². The SMILES string of the molecule is Cc1ccc(Nc2nc3c(C)cccc3s2)cc1F. The highest BCUT2D eigenvalue weighted by atomic mass is 32.1. The predicted molar refractivity (Wildman–Crippen MR) is 78.8 cm³/mol. The van der Waals surface area contributed by atoms with Crippen molar-refractivity contribution in [3.63, 3.8) is 0 Å². The molecule has 0 saturated carbocycles. The molecule has 0 aliphatic rings. The number of para-hydroxylation sites is 1. The molecule has 0 bridgehead atoms. The molecule has 0 saturated heterocycles. The highest BCUT2D eigenvalue weighted by Crippen LogP contribution is 2.30. The van der Waals surface area contributed by atoms with Crippen molar-refractivity contribution in [2.24, 2.45) is 0 Å². The number of hydrogen-bond donors (Lipinski definition) is 1. The summed E-state index contributed by atoms with van der Waals surface area (Å²) in [4.78, 5) is 4.54. The van der Waals surface area contributed by atoms with Crippen molar-refractivity contribution in [2.75, 3.05) is 5.32 Å². The zero-order valence-corrected chi connectivity index (χ0v) is 11.5. The number of fused-ring (bicyclic) bond motifs is 1. The van der Waals surface area contributed by atoms with Gasteiger partial charge in [0.05, 0.1) is 10.2 Å². The van der Waals surface area contributed by atoms with Gasteiger partial charge in [-0.3, -0.25) is 0 Å². The normalized spacial score (nSPS) is 10.9. The van der Waals surface area contributed by atoms with Crippen molar-refractivity contribution in [3.05, 3.63) is 53.3 Å². The first-order valence-corrected chi connectivity index (χ1v) is 6.84. The van der Waals surface area contributed by atoms with E-state index < -0.39 is 0 Å². The zero-order valence-electron chi connectivity index (χ0n) is 10.7. The number of hydrogen-bond acceptors (Lipinski definition) is 3. The number of rotatable bonds is 2. The monoisotopic (exact) mass is 272 g/mol. The fourth-order valence-corrected chi connectivity index (χ4v) is 2.90. The lowest BCUT2D eigenvalue weighted by atomic mass is 10.2. The van der Waals surface area contributed by atoms with E-state index in [9.17, 15) is 4.39 Å². The maximum absolute atomic E-state index is 13.5. The molecule has 1 aromatic heterocycles. The van der Waals surface area contributed by atoms with Crippen molar-refractivity contribution in [2.45, 2.75) is 13.8 Å². The topological polar surface area (TPSA) is 24.9 Å². The number of nitrogens with zero attached hydrogens (tertiary/aromatic N) is 1. The van der Waals surface area contributed by atoms with Crippen LogP contribution in [-0.2, 0) is 0 Å². The largest absolute Gasteiger partial charge is 0.331 e. The smallest absolute Gasteiger partial charge is 0.188 e. The van der Waals surface area contributed by atoms with Gasteiger partial charge in [-0.25, -0.2) is 9.37 Å². The van der Waals surface area contributed by atoms with Crippen molar-refractivity contribution in [3.8, 4) is 0 Å². The molecule has 96 valence electrons. The molecule has 2 nitrogen and oxygen atoms in total. The van der Waals surface area contributed by atoms with Gasteiger partial charge < -0.3 is 5.32 Å². The summed E-state index contributed by atoms with van der Waals surface area (Å²) in [6.45, 7) is 3.79. The first-order chi connectivity index (χ1) is 9.13. The molecular formula is C15H13FN2S. The van der Waals surface area contributed by atoms with Gasteiger partial charge in [0.25, 0.3) is 0 Å². The molecule has 0 spiro atoms. The minimum atomic E-state index is -0.206. The highest BCUT2D eigenvalue weighted by Gasteiger charge is 2.06. The highest BCUT2D eigenvalue weighted by molar-refractivity contribution is 7.22. The Labute approximate surface area is 114 Å². The third-order valence-corrected chi connectivity index (χ3v) is 3.98. The average Bonchev–Trinajstić information content (AvgIpc) is 2.78. The van der Waals surface area contributed by atoms with Crippen LogP contribution >= 0.6 is 11.3 Å². The van der Waals surface area contributed by atoms with E-state index in [2.05, 4.69) is 10.3 Å². The molecule has 0 radical (unpaired) electrons. The summed E-state index contributed by atoms with van der Waals surface area (Å²) in [5.41, 5.74) is 3.52. The van der Waals surface area contributed by atoms with Crippen molar-refractivity contribution < 1.29 is 4.39 Å². The summed E-state index contributed by atoms with van der Waals surface area (Å²) in [7, 11) is 0. The van der Waals surface area contributed by atoms with E-state index >= 15 is 0 Å². The molecular weight excluding hydrogens is 259 g/mol. The van der Waals surface area contributed by atoms with Crippen LogP contribution in [0.4, 0.5) is 15.2 Å². The molecule has 2 aromatic carbocycles. The molecule has 3 rings (SSSR count). The molecule has 0 amide bonds. The third kappa shape index (κ3) is 2.31. The zero-order chi connectivity index (χ0) is 13.4. The number of aromatic nitrogens is 1. The Bertz CT molecular complexity index is 749. The van der Waals surface area contributed by atoms with Crippen LogP contribution in [0, 0.1) is 19.7 Å². The molecule has 3 aromatic rings. The minimum absolute atomic E-state index is 0.206. The third-order valence-electron chi connectivity index (χ3n) is 3.04. The minimum Gasteiger partial charge on any atom is -0.331 e. The Hall–Kier alpha value is -1.94. The molecule has 0 aliphatic carbocycles. The summed E-state index contributed by atoms with van der Waals surface area (Å²) in [6, 6.07) is 11.2. The van der Waals surface area contributed by atoms with Crippen LogP contribution in [0.2, 0.25) is 0 Å². The molecule has 0 atom stereocenters. The van der Waals surface area contributed by atoms with E-state index in [4.69, 9.17) is 0 Å². The van der Waals surface area contributed by atoms with Crippen molar-refractivity contribution in [1.29, 1.82) is 0 Å². The van der Waals surface area contributed by atoms with Crippen LogP contribution < -0.4 is 5.32 Å². The Morgan fingerprint density at radius 2 is 1.95 bits per heavy atom. The van der Waals surface area contributed by atoms with Crippen LogP contribution in [0.5, 0.6) is 0 Å². The Morgan fingerprint density at radius 3 is 2.68 bits per heavy atom. The first-order valence-electron chi connectivity index (χ1n) is 6.03. The van der Waals surface area contributed by atoms with Gasteiger partial charge in [0, 0.05) is 5.69 Å². The second-order valence-corrected chi connectivity index (χ2v) is 5.56. The Kier molecular flexibility index (Phi) is 2.95. The van der Waals surface area contributed by atoms with Gasteiger partial charge in [-0.2, -0.15) is 0 Å². The molecule has 0 aliphatic heterocycles. The summed E-state index contributed by atoms with van der Waals surface area (Å²) in [5.74, 6) is -0.206. The Balaban J connectivity index is 1.96. The van der Waals surface area contributed by atoms with E-state index in [1.165, 1.54) is 6.07 Å². The molecule has 0 fully saturated rings. The fourth-order valence-electron chi connectivity index (χ4n) is 1.93. The van der Waals surface area contributed by atoms with Gasteiger partial charge in [-0.15, -0.1) is 0 Å². The molecule has 4 heteroatoms. The second kappa shape index (κ2) is 4.63. The standard InChI is InChI=1S/C15H13FN2S/c1-9-6-7-11(8-12(9)16)17-15-18-14-10(2)4-3-5-13(14)19-15/h3-8H,1-2H3,(H,17,18). The summed E-state index contributed by atoms with van der Waals surface area (Å²) < 4.78 is 14.6. The van der Waals surface area contributed by atoms with Gasteiger partial charge in [-0.1, -0.05) is 29.5 Å². The number of thiazole rings is 1. The lowest BCUT2D eigenvalue weighted by molar-refractivity contribution is 0.619. The number of halogens is 1. The van der Waals surface area contributed by atoms with Gasteiger partial charge in [0.15, 0.2) is 5.13 Å². The number of nitrogens with one attached hydrogen (secondary N) is 1. The van der Waals surface area contributed by atoms with Crippen LogP contribution in [0.25, 0.3) is 10.2 Å². The average molecular weight is 272 g/mol. The van der Waals surface area contributed by atoms with Crippen LogP contribution in [0.1, 0.15) is 11.1 Å². The summed E-state index contributed by atoms with van der Waals surface area (Å²) >= 11 is 1.57. The lowest BCUT2D eigenvalue weighted by Gasteiger charge is -2.03. The van der Waals surface area contributed by atoms with Gasteiger partial charge in [0.2, 0.25) is 0 Å². The van der Waals surface area contributed by atoms with Gasteiger partial charge in [0.1, 0.15) is 5.82 Å². The maximum atomic E-state index is 13.5. The van der Waals surface area contributed by atoms with Gasteiger partial charge in [-0.05, 0) is 43.2 Å². The quantitative estimate of drug-likeness (QED) is 0.725. The maximum Gasteiger partial charge on any atom is 0.188 e. The van der Waals surface area contributed by atoms with E-state index in [0.29, 0.717) is 5.56 Å². The Morgan fingerprint density at radius 1 is 1.11 bits per heavy atom. The molecule has 19 heavy (non-hydrogen) atoms. The number of aryl methyl sites for hydroxylation is 2. The molecule has 0 unspecified atom stereocenters. The number of benzene rings is 2. The lowest BCUT2D eigenvalue weighted by Crippen LogP contribution is -1.91. The van der Waals surface area contributed by atoms with E-state index in [1.54, 1.807) is 24.3 Å². The van der Waals surface area contributed by atoms with Crippen LogP contribution in [0.15, 0.2) is 36.4 Å². The molecule has 1 heterocycles. The van der Waals surface area contributed by atoms with Gasteiger partial charge >= 0.3 is 0 Å². The number of anilines is 2. The second-order valence-electron chi connectivity index (χ2n) is 4.53. The van der Waals surface area contributed by atoms with Crippen LogP contribution in [-0.4, -0.2) is 4.98 Å². The van der Waals surface area contributed by atoms with Crippen molar-refractivity contribution in [1.82, 2.24) is 4.98 Å². The predicted octanol–water partition coefficient (Wildman–Crippen LogP) is 4.80. The molecule has 1 N–H and O–H groups in total. The first kappa shape index (κ1) is 12.1. The summed E-state index contributed by atoms with van der Waals surface area (Å²) in [6.07, 6.45) is 0. The van der Waals surface area contributed by atoms with E-state index in [0.717, 1.165) is 26.6 Å². The van der Waals surface area contributed by atoms with E-state index in [1.807, 2.05) is 31.2 Å². The van der Waals surface area contributed by atoms with Crippen LogP contribution in [0.3, 0.4) is 0 Å².